The summed E-state index contributed by atoms with van der Waals surface area (Å²) in [6.45, 7) is 2.88. The van der Waals surface area contributed by atoms with Crippen LogP contribution >= 0.6 is 22.7 Å². The van der Waals surface area contributed by atoms with Crippen molar-refractivity contribution in [3.8, 4) is 23.0 Å². The summed E-state index contributed by atoms with van der Waals surface area (Å²) in [5.41, 5.74) is 19.5. The molecule has 0 radical (unpaired) electrons. The molecule has 3 aromatic carbocycles. The number of methoxy groups -OCH3 is 4. The Hall–Kier alpha value is -5.32. The van der Waals surface area contributed by atoms with Gasteiger partial charge in [0.25, 0.3) is 11.8 Å². The zero-order valence-corrected chi connectivity index (χ0v) is 36.6. The van der Waals surface area contributed by atoms with Crippen molar-refractivity contribution in [1.82, 2.24) is 14.7 Å². The van der Waals surface area contributed by atoms with Gasteiger partial charge in [-0.3, -0.25) is 9.59 Å². The minimum atomic E-state index is -0.188. The number of carbonyl (C=O) groups is 2. The molecule has 0 bridgehead atoms. The third-order valence-electron chi connectivity index (χ3n) is 10.9. The lowest BCUT2D eigenvalue weighted by molar-refractivity contribution is 0.0476. The van der Waals surface area contributed by atoms with Gasteiger partial charge in [-0.15, -0.1) is 22.7 Å². The van der Waals surface area contributed by atoms with E-state index < -0.39 is 0 Å². The summed E-state index contributed by atoms with van der Waals surface area (Å²) in [5.74, 6) is 1.25. The first-order valence-corrected chi connectivity index (χ1v) is 21.4. The van der Waals surface area contributed by atoms with Crippen LogP contribution in [0.5, 0.6) is 23.0 Å². The van der Waals surface area contributed by atoms with E-state index in [1.165, 1.54) is 9.75 Å². The van der Waals surface area contributed by atoms with E-state index >= 15 is 0 Å². The predicted octanol–water partition coefficient (Wildman–Crippen LogP) is 6.64. The van der Waals surface area contributed by atoms with E-state index in [1.807, 2.05) is 30.0 Å². The number of anilines is 2. The first-order chi connectivity index (χ1) is 29.0. The summed E-state index contributed by atoms with van der Waals surface area (Å²) in [7, 11) is 10.4. The van der Waals surface area contributed by atoms with Crippen LogP contribution in [-0.2, 0) is 55.2 Å². The highest BCUT2D eigenvalue weighted by atomic mass is 32.1. The molecule has 0 fully saturated rings. The fourth-order valence-corrected chi connectivity index (χ4v) is 9.90. The van der Waals surface area contributed by atoms with Gasteiger partial charge in [0.15, 0.2) is 23.0 Å². The van der Waals surface area contributed by atoms with Crippen molar-refractivity contribution in [1.29, 1.82) is 0 Å². The molecular formula is C45H53N5O8S2. The molecule has 0 unspecified atom stereocenters. The van der Waals surface area contributed by atoms with Gasteiger partial charge in [-0.1, -0.05) is 12.1 Å². The SMILES string of the molecule is COC[C@@H]1Cc2sccc2CN1C(=O)c1cc(OC)c(OCc2cc(COc3cc(N)c(C(=O)N4Cc5ccsc5C[C@H]4COC)cc3OC)cc(CN(C)C)c2)cc1N. The number of nitrogens with zero attached hydrogens (tertiary/aromatic N) is 3. The third kappa shape index (κ3) is 9.35. The number of nitrogens with two attached hydrogens (primary N) is 2. The van der Waals surface area contributed by atoms with Crippen molar-refractivity contribution in [2.45, 2.75) is 57.8 Å². The molecule has 2 aliphatic rings. The van der Waals surface area contributed by atoms with Gasteiger partial charge in [0.2, 0.25) is 0 Å². The summed E-state index contributed by atoms with van der Waals surface area (Å²) in [4.78, 5) is 36.3. The molecule has 318 valence electrons. The van der Waals surface area contributed by atoms with Gasteiger partial charge >= 0.3 is 0 Å². The highest BCUT2D eigenvalue weighted by Crippen LogP contribution is 2.38. The van der Waals surface area contributed by atoms with Crippen LogP contribution < -0.4 is 30.4 Å². The molecule has 2 atom stereocenters. The van der Waals surface area contributed by atoms with Gasteiger partial charge in [0.1, 0.15) is 13.2 Å². The highest BCUT2D eigenvalue weighted by molar-refractivity contribution is 7.10. The molecule has 0 spiro atoms. The Labute approximate surface area is 359 Å². The Kier molecular flexibility index (Phi) is 13.5. The lowest BCUT2D eigenvalue weighted by Crippen LogP contribution is -2.46. The molecule has 2 aromatic heterocycles. The average Bonchev–Trinajstić information content (AvgIpc) is 3.90. The highest BCUT2D eigenvalue weighted by Gasteiger charge is 2.34. The summed E-state index contributed by atoms with van der Waals surface area (Å²) in [6.07, 6.45) is 1.46. The van der Waals surface area contributed by atoms with Gasteiger partial charge in [0.05, 0.1) is 50.6 Å². The molecule has 4 heterocycles. The summed E-state index contributed by atoms with van der Waals surface area (Å²) in [5, 5.41) is 4.12. The first kappa shape index (κ1) is 42.8. The van der Waals surface area contributed by atoms with Crippen molar-refractivity contribution < 1.29 is 38.0 Å². The minimum Gasteiger partial charge on any atom is -0.493 e. The maximum Gasteiger partial charge on any atom is 0.256 e. The van der Waals surface area contributed by atoms with Crippen LogP contribution in [0.25, 0.3) is 0 Å². The van der Waals surface area contributed by atoms with Gasteiger partial charge < -0.3 is 54.6 Å². The number of fused-ring (bicyclic) bond motifs is 2. The van der Waals surface area contributed by atoms with Crippen LogP contribution in [0.1, 0.15) is 58.3 Å². The van der Waals surface area contributed by atoms with Crippen molar-refractivity contribution in [2.24, 2.45) is 0 Å². The molecule has 2 aliphatic heterocycles. The number of carbonyl (C=O) groups excluding carboxylic acids is 2. The van der Waals surface area contributed by atoms with Gasteiger partial charge in [-0.25, -0.2) is 0 Å². The van der Waals surface area contributed by atoms with Gasteiger partial charge in [-0.05, 0) is 83.0 Å². The third-order valence-corrected chi connectivity index (χ3v) is 12.8. The zero-order valence-electron chi connectivity index (χ0n) is 34.9. The number of rotatable bonds is 16. The molecular weight excluding hydrogens is 803 g/mol. The lowest BCUT2D eigenvalue weighted by atomic mass is 10.00. The Morgan fingerprint density at radius 1 is 0.650 bits per heavy atom. The maximum absolute atomic E-state index is 14.0. The number of nitrogen functional groups attached to an aromatic ring is 2. The van der Waals surface area contributed by atoms with E-state index in [0.29, 0.717) is 78.3 Å². The number of amides is 2. The van der Waals surface area contributed by atoms with Gasteiger partial charge in [0, 0.05) is 80.0 Å². The molecule has 5 aromatic rings. The summed E-state index contributed by atoms with van der Waals surface area (Å²) in [6, 6.07) is 16.7. The molecule has 7 rings (SSSR count). The Morgan fingerprint density at radius 2 is 1.08 bits per heavy atom. The summed E-state index contributed by atoms with van der Waals surface area (Å²) >= 11 is 3.41. The minimum absolute atomic E-state index is 0.112. The summed E-state index contributed by atoms with van der Waals surface area (Å²) < 4.78 is 35.1. The first-order valence-electron chi connectivity index (χ1n) is 19.7. The second-order valence-electron chi connectivity index (χ2n) is 15.4. The van der Waals surface area contributed by atoms with E-state index in [9.17, 15) is 9.59 Å². The van der Waals surface area contributed by atoms with Crippen LogP contribution in [0.3, 0.4) is 0 Å². The van der Waals surface area contributed by atoms with Crippen molar-refractivity contribution in [3.63, 3.8) is 0 Å². The number of benzene rings is 3. The quantitative estimate of drug-likeness (QED) is 0.103. The predicted molar refractivity (Wildman–Crippen MR) is 234 cm³/mol. The van der Waals surface area contributed by atoms with Crippen LogP contribution in [0.15, 0.2) is 65.4 Å². The molecule has 60 heavy (non-hydrogen) atoms. The largest absolute Gasteiger partial charge is 0.493 e. The van der Waals surface area contributed by atoms with E-state index in [2.05, 4.69) is 39.9 Å². The zero-order chi connectivity index (χ0) is 42.5. The van der Waals surface area contributed by atoms with Crippen LogP contribution in [0.4, 0.5) is 11.4 Å². The Balaban J connectivity index is 1.07. The number of hydrogen-bond donors (Lipinski definition) is 2. The maximum atomic E-state index is 14.0. The van der Waals surface area contributed by atoms with Crippen molar-refractivity contribution in [2.75, 3.05) is 67.2 Å². The van der Waals surface area contributed by atoms with E-state index in [4.69, 9.17) is 39.9 Å². The van der Waals surface area contributed by atoms with Gasteiger partial charge in [-0.2, -0.15) is 0 Å². The van der Waals surface area contributed by atoms with Crippen LogP contribution in [0, 0.1) is 0 Å². The number of hydrogen-bond acceptors (Lipinski definition) is 13. The number of ether oxygens (including phenoxy) is 6. The van der Waals surface area contributed by atoms with E-state index in [1.54, 1.807) is 75.4 Å². The molecule has 0 saturated heterocycles. The molecule has 4 N–H and O–H groups in total. The smallest absolute Gasteiger partial charge is 0.256 e. The normalized spacial score (nSPS) is 16.1. The standard InChI is InChI=1S/C45H53N5O8S2/c1-48(2)20-27-11-28(23-57-40-18-36(46)34(16-38(40)55-5)44(51)49-21-30-7-9-59-42(30)14-32(49)25-53-3)13-29(12-27)24-58-41-19-37(47)35(17-39(41)56-6)45(52)50-22-31-8-10-60-43(31)15-33(50)26-54-4/h7-13,16-19,32-33H,14-15,20-26,46-47H2,1-6H3/t32-,33-/m0/s1. The van der Waals surface area contributed by atoms with E-state index in [0.717, 1.165) is 40.7 Å². The second kappa shape index (κ2) is 18.9. The topological polar surface area (TPSA) is 151 Å². The second-order valence-corrected chi connectivity index (χ2v) is 17.4. The number of thiophene rings is 2. The molecule has 15 heteroatoms. The van der Waals surface area contributed by atoms with Crippen LogP contribution in [0.2, 0.25) is 0 Å². The van der Waals surface area contributed by atoms with Crippen molar-refractivity contribution >= 4 is 45.9 Å². The van der Waals surface area contributed by atoms with E-state index in [-0.39, 0.29) is 37.1 Å². The average molecular weight is 856 g/mol. The van der Waals surface area contributed by atoms with Crippen molar-refractivity contribution in [3.05, 3.63) is 114 Å². The molecule has 13 nitrogen and oxygen atoms in total. The fourth-order valence-electron chi connectivity index (χ4n) is 7.97. The van der Waals surface area contributed by atoms with Crippen LogP contribution in [-0.4, -0.2) is 94.3 Å². The molecule has 0 aliphatic carbocycles. The Morgan fingerprint density at radius 3 is 1.48 bits per heavy atom. The monoisotopic (exact) mass is 855 g/mol. The lowest BCUT2D eigenvalue weighted by Gasteiger charge is -2.35. The molecule has 2 amide bonds. The molecule has 0 saturated carbocycles. The Bertz CT molecular complexity index is 2170. The fraction of sp³-hybridized carbons (Fsp3) is 0.378.